The molecule has 1 aliphatic rings. The Morgan fingerprint density at radius 3 is 1.91 bits per heavy atom. The largest absolute Gasteiger partial charge is 0.367 e. The second-order valence-corrected chi connectivity index (χ2v) is 16.6. The Balaban J connectivity index is 1.39. The van der Waals surface area contributed by atoms with E-state index in [1.165, 1.54) is 24.3 Å². The van der Waals surface area contributed by atoms with Crippen molar-refractivity contribution in [2.24, 2.45) is 0 Å². The van der Waals surface area contributed by atoms with E-state index in [1.807, 2.05) is 56.3 Å². The van der Waals surface area contributed by atoms with Crippen LogP contribution in [0.5, 0.6) is 0 Å². The molecule has 0 aliphatic heterocycles. The number of hydrogen-bond acceptors (Lipinski definition) is 6. The maximum Gasteiger partial charge on any atom is 0.294 e. The van der Waals surface area contributed by atoms with Crippen molar-refractivity contribution in [3.8, 4) is 0 Å². The second kappa shape index (κ2) is 17.1. The third-order valence-electron chi connectivity index (χ3n) is 9.83. The number of nitrogens with one attached hydrogen (secondary N) is 1. The summed E-state index contributed by atoms with van der Waals surface area (Å²) < 4.78 is 68.6. The third-order valence-corrected chi connectivity index (χ3v) is 11.5. The zero-order chi connectivity index (χ0) is 40.0. The van der Waals surface area contributed by atoms with Crippen LogP contribution < -0.4 is 10.2 Å². The molecule has 0 heterocycles. The van der Waals surface area contributed by atoms with Gasteiger partial charge in [-0.25, -0.2) is 4.58 Å². The van der Waals surface area contributed by atoms with Crippen molar-refractivity contribution in [1.82, 2.24) is 0 Å². The van der Waals surface area contributed by atoms with Gasteiger partial charge in [-0.15, -0.1) is 0 Å². The molecule has 5 aromatic rings. The normalized spacial score (nSPS) is 14.9. The van der Waals surface area contributed by atoms with Gasteiger partial charge in [0.1, 0.15) is 6.54 Å². The first-order valence-corrected chi connectivity index (χ1v) is 21.3. The topological polar surface area (TPSA) is 127 Å². The van der Waals surface area contributed by atoms with Gasteiger partial charge >= 0.3 is 0 Å². The summed E-state index contributed by atoms with van der Waals surface area (Å²) in [6, 6.07) is 37.6. The lowest BCUT2D eigenvalue weighted by molar-refractivity contribution is -0.539. The molecular formula is C45H46N3O6S2+. The van der Waals surface area contributed by atoms with E-state index in [4.69, 9.17) is 0 Å². The van der Waals surface area contributed by atoms with Crippen molar-refractivity contribution < 1.29 is 30.5 Å². The van der Waals surface area contributed by atoms with E-state index in [-0.39, 0.29) is 9.79 Å². The van der Waals surface area contributed by atoms with E-state index in [9.17, 15) is 25.9 Å². The number of aryl methyl sites for hydroxylation is 1. The highest BCUT2D eigenvalue weighted by atomic mass is 32.2. The molecule has 11 heteroatoms. The summed E-state index contributed by atoms with van der Waals surface area (Å²) in [7, 11) is -8.63. The van der Waals surface area contributed by atoms with Gasteiger partial charge in [0, 0.05) is 47.9 Å². The molecule has 0 bridgehead atoms. The highest BCUT2D eigenvalue weighted by Gasteiger charge is 2.21. The van der Waals surface area contributed by atoms with E-state index >= 15 is 0 Å². The smallest absolute Gasteiger partial charge is 0.294 e. The molecular weight excluding hydrogens is 743 g/mol. The SMILES string of the molecule is CCN(Cc1cccc(S(=O)(=O)O)c1)c1ccc(/C(=C2/C=CC(=[N+](CC)Cc3cccc(S(=O)(=O)O)c3)C=C2C)c2ccc(Nc3ccccc3)cc2)c(C)c1. The number of benzene rings is 5. The van der Waals surface area contributed by atoms with Crippen molar-refractivity contribution >= 4 is 48.6 Å². The zero-order valence-corrected chi connectivity index (χ0v) is 33.5. The Hall–Kier alpha value is -5.59. The lowest BCUT2D eigenvalue weighted by Gasteiger charge is -2.25. The summed E-state index contributed by atoms with van der Waals surface area (Å²) in [4.78, 5) is 1.91. The minimum absolute atomic E-state index is 0.128. The van der Waals surface area contributed by atoms with Crippen LogP contribution in [0.25, 0.3) is 5.57 Å². The first-order valence-electron chi connectivity index (χ1n) is 18.4. The van der Waals surface area contributed by atoms with Gasteiger partial charge in [0.25, 0.3) is 20.2 Å². The summed E-state index contributed by atoms with van der Waals surface area (Å²) in [5.74, 6) is 0. The number of nitrogens with zero attached hydrogens (tertiary/aromatic N) is 2. The average molecular weight is 789 g/mol. The Kier molecular flexibility index (Phi) is 12.2. The Morgan fingerprint density at radius 2 is 1.32 bits per heavy atom. The Bertz CT molecular complexity index is 2590. The van der Waals surface area contributed by atoms with Crippen molar-refractivity contribution in [1.29, 1.82) is 0 Å². The van der Waals surface area contributed by atoms with Gasteiger partial charge in [0.15, 0.2) is 12.3 Å². The van der Waals surface area contributed by atoms with Gasteiger partial charge in [0.2, 0.25) is 0 Å². The highest BCUT2D eigenvalue weighted by molar-refractivity contribution is 7.86. The summed E-state index contributed by atoms with van der Waals surface area (Å²) in [6.45, 7) is 10.6. The summed E-state index contributed by atoms with van der Waals surface area (Å²) in [5.41, 5.74) is 11.8. The average Bonchev–Trinajstić information content (AvgIpc) is 3.18. The van der Waals surface area contributed by atoms with Crippen molar-refractivity contribution in [3.63, 3.8) is 0 Å². The minimum atomic E-state index is -4.32. The molecule has 3 N–H and O–H groups in total. The molecule has 288 valence electrons. The minimum Gasteiger partial charge on any atom is -0.367 e. The fourth-order valence-corrected chi connectivity index (χ4v) is 8.04. The third kappa shape index (κ3) is 9.61. The van der Waals surface area contributed by atoms with Gasteiger partial charge in [-0.1, -0.05) is 60.7 Å². The molecule has 0 saturated heterocycles. The lowest BCUT2D eigenvalue weighted by Crippen LogP contribution is -2.22. The standard InChI is InChI=1S/C45H45N3O6S2/c1-5-47(30-34-12-10-16-41(28-34)55(49,50)51)39-22-24-43(32(3)26-39)45(36-18-20-38(21-19-36)46-37-14-8-7-9-15-37)44-25-23-40(27-33(44)4)48(6-2)31-35-13-11-17-42(29-35)56(52,53)54/h7-29H,5-6,30-31H2,1-4H3,(H2,49,50,51,52,53,54)/p+1. The molecule has 0 atom stereocenters. The molecule has 6 rings (SSSR count). The van der Waals surface area contributed by atoms with Gasteiger partial charge in [-0.2, -0.15) is 16.8 Å². The quantitative estimate of drug-likeness (QED) is 0.0797. The second-order valence-electron chi connectivity index (χ2n) is 13.7. The maximum atomic E-state index is 11.8. The van der Waals surface area contributed by atoms with E-state index < -0.39 is 20.2 Å². The molecule has 0 amide bonds. The number of para-hydroxylation sites is 1. The molecule has 0 fully saturated rings. The molecule has 1 aliphatic carbocycles. The van der Waals surface area contributed by atoms with E-state index in [1.54, 1.807) is 12.1 Å². The van der Waals surface area contributed by atoms with Gasteiger partial charge < -0.3 is 10.2 Å². The predicted octanol–water partition coefficient (Wildman–Crippen LogP) is 9.25. The molecule has 0 spiro atoms. The number of hydrogen-bond donors (Lipinski definition) is 3. The van der Waals surface area contributed by atoms with Crippen LogP contribution in [0.1, 0.15) is 48.6 Å². The van der Waals surface area contributed by atoms with Crippen LogP contribution in [0.15, 0.2) is 160 Å². The monoisotopic (exact) mass is 788 g/mol. The van der Waals surface area contributed by atoms with Crippen LogP contribution in [0.3, 0.4) is 0 Å². The summed E-state index contributed by atoms with van der Waals surface area (Å²) in [6.07, 6.45) is 6.38. The fourth-order valence-electron chi connectivity index (χ4n) is 6.94. The molecule has 0 saturated carbocycles. The van der Waals surface area contributed by atoms with E-state index in [0.29, 0.717) is 26.2 Å². The van der Waals surface area contributed by atoms with Crippen LogP contribution in [0, 0.1) is 6.92 Å². The van der Waals surface area contributed by atoms with Crippen molar-refractivity contribution in [3.05, 3.63) is 179 Å². The van der Waals surface area contributed by atoms with Gasteiger partial charge in [-0.3, -0.25) is 9.11 Å². The summed E-state index contributed by atoms with van der Waals surface area (Å²) in [5, 5.41) is 3.47. The zero-order valence-electron chi connectivity index (χ0n) is 31.8. The number of anilines is 3. The number of rotatable bonds is 13. The molecule has 0 radical (unpaired) electrons. The molecule has 5 aromatic carbocycles. The fraction of sp³-hybridized carbons (Fsp3) is 0.178. The molecule has 9 nitrogen and oxygen atoms in total. The van der Waals surface area contributed by atoms with E-state index in [2.05, 4.69) is 89.3 Å². The van der Waals surface area contributed by atoms with Crippen LogP contribution >= 0.6 is 0 Å². The first kappa shape index (κ1) is 40.1. The number of allylic oxidation sites excluding steroid dienone is 5. The van der Waals surface area contributed by atoms with Crippen molar-refractivity contribution in [2.75, 3.05) is 23.3 Å². The Labute approximate surface area is 330 Å². The van der Waals surface area contributed by atoms with Crippen LogP contribution in [0.4, 0.5) is 17.1 Å². The van der Waals surface area contributed by atoms with Crippen LogP contribution in [0.2, 0.25) is 0 Å². The Morgan fingerprint density at radius 1 is 0.696 bits per heavy atom. The van der Waals surface area contributed by atoms with Crippen LogP contribution in [-0.4, -0.2) is 49.3 Å². The first-order chi connectivity index (χ1) is 26.7. The highest BCUT2D eigenvalue weighted by Crippen LogP contribution is 2.37. The lowest BCUT2D eigenvalue weighted by atomic mass is 9.85. The molecule has 0 unspecified atom stereocenters. The molecule has 0 aromatic heterocycles. The summed E-state index contributed by atoms with van der Waals surface area (Å²) >= 11 is 0. The maximum absolute atomic E-state index is 11.8. The van der Waals surface area contributed by atoms with Crippen LogP contribution in [-0.2, 0) is 33.3 Å². The molecule has 56 heavy (non-hydrogen) atoms. The van der Waals surface area contributed by atoms with Gasteiger partial charge in [-0.05, 0) is 133 Å². The van der Waals surface area contributed by atoms with Gasteiger partial charge in [0.05, 0.1) is 9.79 Å². The van der Waals surface area contributed by atoms with Crippen molar-refractivity contribution in [2.45, 2.75) is 50.6 Å². The predicted molar refractivity (Wildman–Crippen MR) is 225 cm³/mol. The van der Waals surface area contributed by atoms with E-state index in [0.717, 1.165) is 67.3 Å².